The smallest absolute Gasteiger partial charge is 0.163 e. The van der Waals surface area contributed by atoms with E-state index in [1.165, 1.54) is 36.1 Å². The van der Waals surface area contributed by atoms with E-state index in [-0.39, 0.29) is 0 Å². The lowest BCUT2D eigenvalue weighted by molar-refractivity contribution is 0.701. The molecule has 0 amide bonds. The second kappa shape index (κ2) is 5.51. The van der Waals surface area contributed by atoms with Gasteiger partial charge in [-0.05, 0) is 55.9 Å². The van der Waals surface area contributed by atoms with Gasteiger partial charge in [0.25, 0.3) is 0 Å². The standard InChI is InChI=1S/C18H18BrN3/c1-12-17(13-7-9-15(19)10-8-13)18-20-11-14-5-3-2-4-6-16(14)22(18)21-12/h7-11H,2-6H2,1H3. The molecule has 2 aromatic heterocycles. The third-order valence-electron chi connectivity index (χ3n) is 4.50. The summed E-state index contributed by atoms with van der Waals surface area (Å²) >= 11 is 3.50. The van der Waals surface area contributed by atoms with Crippen molar-refractivity contribution in [2.45, 2.75) is 39.0 Å². The number of benzene rings is 1. The van der Waals surface area contributed by atoms with E-state index in [1.807, 2.05) is 0 Å². The van der Waals surface area contributed by atoms with Crippen molar-refractivity contribution in [3.05, 3.63) is 51.9 Å². The molecule has 4 rings (SSSR count). The Balaban J connectivity index is 1.95. The first-order chi connectivity index (χ1) is 10.7. The van der Waals surface area contributed by atoms with Crippen molar-refractivity contribution in [1.82, 2.24) is 14.6 Å². The Labute approximate surface area is 138 Å². The molecule has 1 aliphatic rings. The molecule has 2 heterocycles. The minimum atomic E-state index is 0.987. The molecule has 1 aromatic carbocycles. The molecule has 3 aromatic rings. The number of aromatic nitrogens is 3. The molecular formula is C18H18BrN3. The molecule has 0 fully saturated rings. The Bertz CT molecular complexity index is 834. The molecule has 0 saturated carbocycles. The van der Waals surface area contributed by atoms with Crippen LogP contribution in [0.4, 0.5) is 0 Å². The SMILES string of the molecule is Cc1nn2c3c(cnc2c1-c1ccc(Br)cc1)CCCCC3. The van der Waals surface area contributed by atoms with Crippen molar-refractivity contribution in [3.63, 3.8) is 0 Å². The molecule has 0 saturated heterocycles. The van der Waals surface area contributed by atoms with Crippen molar-refractivity contribution in [2.75, 3.05) is 0 Å². The van der Waals surface area contributed by atoms with Gasteiger partial charge in [0.1, 0.15) is 0 Å². The van der Waals surface area contributed by atoms with Crippen LogP contribution in [0.2, 0.25) is 0 Å². The molecular weight excluding hydrogens is 338 g/mol. The van der Waals surface area contributed by atoms with Gasteiger partial charge in [-0.15, -0.1) is 0 Å². The van der Waals surface area contributed by atoms with E-state index < -0.39 is 0 Å². The van der Waals surface area contributed by atoms with E-state index in [2.05, 4.69) is 57.8 Å². The molecule has 0 aliphatic heterocycles. The van der Waals surface area contributed by atoms with Crippen LogP contribution in [0.1, 0.15) is 36.2 Å². The molecule has 1 aliphatic carbocycles. The first kappa shape index (κ1) is 13.9. The Kier molecular flexibility index (Phi) is 3.49. The predicted octanol–water partition coefficient (Wildman–Crippen LogP) is 4.74. The van der Waals surface area contributed by atoms with Crippen molar-refractivity contribution in [3.8, 4) is 11.1 Å². The lowest BCUT2D eigenvalue weighted by Crippen LogP contribution is -2.04. The number of hydrogen-bond acceptors (Lipinski definition) is 2. The molecule has 0 N–H and O–H groups in total. The van der Waals surface area contributed by atoms with E-state index in [4.69, 9.17) is 10.1 Å². The van der Waals surface area contributed by atoms with Gasteiger partial charge in [0.2, 0.25) is 0 Å². The topological polar surface area (TPSA) is 30.2 Å². The number of hydrogen-bond donors (Lipinski definition) is 0. The van der Waals surface area contributed by atoms with E-state index in [9.17, 15) is 0 Å². The van der Waals surface area contributed by atoms with Gasteiger partial charge in [-0.1, -0.05) is 34.5 Å². The number of aryl methyl sites for hydroxylation is 3. The fraction of sp³-hybridized carbons (Fsp3) is 0.333. The largest absolute Gasteiger partial charge is 0.236 e. The summed E-state index contributed by atoms with van der Waals surface area (Å²) in [7, 11) is 0. The molecule has 3 nitrogen and oxygen atoms in total. The van der Waals surface area contributed by atoms with Crippen LogP contribution >= 0.6 is 15.9 Å². The average molecular weight is 356 g/mol. The van der Waals surface area contributed by atoms with Crippen LogP contribution in [0.15, 0.2) is 34.9 Å². The van der Waals surface area contributed by atoms with Gasteiger partial charge in [0, 0.05) is 21.9 Å². The average Bonchev–Trinajstić information content (AvgIpc) is 2.71. The summed E-state index contributed by atoms with van der Waals surface area (Å²) in [6.07, 6.45) is 8.12. The molecule has 112 valence electrons. The van der Waals surface area contributed by atoms with Crippen LogP contribution < -0.4 is 0 Å². The maximum atomic E-state index is 4.81. The number of halogens is 1. The van der Waals surface area contributed by atoms with E-state index in [0.717, 1.165) is 34.2 Å². The zero-order valence-corrected chi connectivity index (χ0v) is 14.2. The second-order valence-electron chi connectivity index (χ2n) is 5.99. The highest BCUT2D eigenvalue weighted by Gasteiger charge is 2.18. The monoisotopic (exact) mass is 355 g/mol. The lowest BCUT2D eigenvalue weighted by Gasteiger charge is -2.08. The van der Waals surface area contributed by atoms with Gasteiger partial charge in [0.05, 0.1) is 5.69 Å². The summed E-state index contributed by atoms with van der Waals surface area (Å²) in [4.78, 5) is 4.74. The first-order valence-electron chi connectivity index (χ1n) is 7.86. The summed E-state index contributed by atoms with van der Waals surface area (Å²) in [6.45, 7) is 2.08. The fourth-order valence-electron chi connectivity index (χ4n) is 3.39. The minimum Gasteiger partial charge on any atom is -0.236 e. The van der Waals surface area contributed by atoms with Gasteiger partial charge in [-0.25, -0.2) is 9.50 Å². The first-order valence-corrected chi connectivity index (χ1v) is 8.65. The van der Waals surface area contributed by atoms with Gasteiger partial charge < -0.3 is 0 Å². The zero-order valence-electron chi connectivity index (χ0n) is 12.6. The van der Waals surface area contributed by atoms with Crippen LogP contribution in [-0.4, -0.2) is 14.6 Å². The van der Waals surface area contributed by atoms with Crippen LogP contribution in [0, 0.1) is 6.92 Å². The molecule has 0 atom stereocenters. The second-order valence-corrected chi connectivity index (χ2v) is 6.91. The van der Waals surface area contributed by atoms with Crippen LogP contribution in [0.5, 0.6) is 0 Å². The normalized spacial score (nSPS) is 14.8. The van der Waals surface area contributed by atoms with Gasteiger partial charge >= 0.3 is 0 Å². The third-order valence-corrected chi connectivity index (χ3v) is 5.03. The predicted molar refractivity (Wildman–Crippen MR) is 92.1 cm³/mol. The summed E-state index contributed by atoms with van der Waals surface area (Å²) < 4.78 is 3.18. The lowest BCUT2D eigenvalue weighted by atomic mass is 10.1. The summed E-state index contributed by atoms with van der Waals surface area (Å²) in [5.41, 5.74) is 7.09. The highest BCUT2D eigenvalue weighted by Crippen LogP contribution is 2.30. The van der Waals surface area contributed by atoms with Crippen LogP contribution in [0.3, 0.4) is 0 Å². The van der Waals surface area contributed by atoms with E-state index in [0.29, 0.717) is 0 Å². The zero-order chi connectivity index (χ0) is 15.1. The maximum absolute atomic E-state index is 4.81. The summed E-state index contributed by atoms with van der Waals surface area (Å²) in [5, 5.41) is 4.81. The van der Waals surface area contributed by atoms with Crippen molar-refractivity contribution in [1.29, 1.82) is 0 Å². The van der Waals surface area contributed by atoms with Crippen LogP contribution in [0.25, 0.3) is 16.8 Å². The van der Waals surface area contributed by atoms with Crippen molar-refractivity contribution >= 4 is 21.6 Å². The molecule has 4 heteroatoms. The van der Waals surface area contributed by atoms with Crippen molar-refractivity contribution < 1.29 is 0 Å². The number of rotatable bonds is 1. The highest BCUT2D eigenvalue weighted by atomic mass is 79.9. The molecule has 0 bridgehead atoms. The third kappa shape index (κ3) is 2.26. The van der Waals surface area contributed by atoms with Gasteiger partial charge in [-0.3, -0.25) is 0 Å². The minimum absolute atomic E-state index is 0.987. The summed E-state index contributed by atoms with van der Waals surface area (Å²) in [5.74, 6) is 0. The molecule has 0 radical (unpaired) electrons. The number of nitrogens with zero attached hydrogens (tertiary/aromatic N) is 3. The highest BCUT2D eigenvalue weighted by molar-refractivity contribution is 9.10. The number of fused-ring (bicyclic) bond motifs is 3. The molecule has 0 unspecified atom stereocenters. The van der Waals surface area contributed by atoms with Gasteiger partial charge in [-0.2, -0.15) is 5.10 Å². The Hall–Kier alpha value is -1.68. The van der Waals surface area contributed by atoms with E-state index in [1.54, 1.807) is 0 Å². The fourth-order valence-corrected chi connectivity index (χ4v) is 3.65. The van der Waals surface area contributed by atoms with Crippen LogP contribution in [-0.2, 0) is 12.8 Å². The molecule has 0 spiro atoms. The van der Waals surface area contributed by atoms with Gasteiger partial charge in [0.15, 0.2) is 5.65 Å². The Morgan fingerprint density at radius 3 is 2.64 bits per heavy atom. The maximum Gasteiger partial charge on any atom is 0.163 e. The Morgan fingerprint density at radius 2 is 1.82 bits per heavy atom. The van der Waals surface area contributed by atoms with Crippen molar-refractivity contribution in [2.24, 2.45) is 0 Å². The summed E-state index contributed by atoms with van der Waals surface area (Å²) in [6, 6.07) is 8.40. The van der Waals surface area contributed by atoms with E-state index >= 15 is 0 Å². The Morgan fingerprint density at radius 1 is 1.05 bits per heavy atom. The molecule has 22 heavy (non-hydrogen) atoms. The quantitative estimate of drug-likeness (QED) is 0.590.